The lowest BCUT2D eigenvalue weighted by Gasteiger charge is -2.35. The fraction of sp³-hybridized carbons (Fsp3) is 0.733. The fourth-order valence-corrected chi connectivity index (χ4v) is 4.21. The van der Waals surface area contributed by atoms with Gasteiger partial charge in [0.1, 0.15) is 0 Å². The summed E-state index contributed by atoms with van der Waals surface area (Å²) in [5, 5.41) is 10.3. The number of hydrogen-bond acceptors (Lipinski definition) is 4. The Morgan fingerprint density at radius 2 is 2.00 bits per heavy atom. The second kappa shape index (κ2) is 7.67. The second-order valence-corrected chi connectivity index (χ2v) is 8.32. The fourth-order valence-electron chi connectivity index (χ4n) is 2.12. The van der Waals surface area contributed by atoms with Crippen LogP contribution in [0.25, 0.3) is 0 Å². The van der Waals surface area contributed by atoms with Crippen molar-refractivity contribution in [2.75, 3.05) is 18.8 Å². The molecule has 19 heavy (non-hydrogen) atoms. The van der Waals surface area contributed by atoms with E-state index in [9.17, 15) is 5.11 Å². The molecule has 1 unspecified atom stereocenters. The zero-order valence-corrected chi connectivity index (χ0v) is 14.4. The van der Waals surface area contributed by atoms with Crippen LogP contribution in [0.3, 0.4) is 0 Å². The highest BCUT2D eigenvalue weighted by Crippen LogP contribution is 2.32. The maximum atomic E-state index is 10.3. The molecule has 0 saturated heterocycles. The maximum absolute atomic E-state index is 10.3. The van der Waals surface area contributed by atoms with Crippen LogP contribution in [0.5, 0.6) is 0 Å². The first kappa shape index (κ1) is 17.0. The number of nitrogens with zero attached hydrogens (tertiary/aromatic N) is 1. The normalized spacial score (nSPS) is 14.1. The molecule has 0 aromatic carbocycles. The van der Waals surface area contributed by atoms with Gasteiger partial charge in [0, 0.05) is 17.0 Å². The quantitative estimate of drug-likeness (QED) is 0.755. The van der Waals surface area contributed by atoms with Crippen LogP contribution in [-0.2, 0) is 0 Å². The highest BCUT2D eigenvalue weighted by atomic mass is 32.2. The standard InChI is InChI=1S/C15H27NOS2/c1-6-16(15(3,4)5)11-10-12(17)13-8-9-14(19-13)18-7-2/h8-9,12,17H,6-7,10-11H2,1-5H3. The highest BCUT2D eigenvalue weighted by Gasteiger charge is 2.21. The molecule has 4 heteroatoms. The summed E-state index contributed by atoms with van der Waals surface area (Å²) in [7, 11) is 0. The molecule has 0 aliphatic rings. The molecule has 0 spiro atoms. The van der Waals surface area contributed by atoms with Crippen molar-refractivity contribution in [3.63, 3.8) is 0 Å². The van der Waals surface area contributed by atoms with Gasteiger partial charge in [-0.05, 0) is 51.6 Å². The van der Waals surface area contributed by atoms with Crippen molar-refractivity contribution in [3.8, 4) is 0 Å². The van der Waals surface area contributed by atoms with Crippen molar-refractivity contribution in [2.45, 2.75) is 56.9 Å². The molecule has 1 aromatic rings. The van der Waals surface area contributed by atoms with E-state index < -0.39 is 0 Å². The van der Waals surface area contributed by atoms with Crippen molar-refractivity contribution >= 4 is 23.1 Å². The van der Waals surface area contributed by atoms with Crippen molar-refractivity contribution < 1.29 is 5.11 Å². The number of rotatable bonds is 7. The Morgan fingerprint density at radius 1 is 1.32 bits per heavy atom. The van der Waals surface area contributed by atoms with Crippen LogP contribution in [0, 0.1) is 0 Å². The van der Waals surface area contributed by atoms with Gasteiger partial charge < -0.3 is 5.11 Å². The topological polar surface area (TPSA) is 23.5 Å². The molecule has 2 nitrogen and oxygen atoms in total. The van der Waals surface area contributed by atoms with Crippen LogP contribution in [0.4, 0.5) is 0 Å². The number of hydrogen-bond donors (Lipinski definition) is 1. The van der Waals surface area contributed by atoms with Crippen LogP contribution in [-0.4, -0.2) is 34.4 Å². The molecule has 0 amide bonds. The van der Waals surface area contributed by atoms with Crippen LogP contribution in [0.1, 0.15) is 52.0 Å². The summed E-state index contributed by atoms with van der Waals surface area (Å²) in [5.74, 6) is 1.09. The Bertz CT molecular complexity index is 370. The van der Waals surface area contributed by atoms with Gasteiger partial charge in [-0.15, -0.1) is 23.1 Å². The van der Waals surface area contributed by atoms with E-state index in [1.807, 2.05) is 11.8 Å². The Kier molecular flexibility index (Phi) is 6.87. The van der Waals surface area contributed by atoms with Gasteiger partial charge in [0.05, 0.1) is 10.3 Å². The van der Waals surface area contributed by atoms with E-state index in [2.05, 4.69) is 51.7 Å². The molecular weight excluding hydrogens is 274 g/mol. The summed E-state index contributed by atoms with van der Waals surface area (Å²) < 4.78 is 1.31. The summed E-state index contributed by atoms with van der Waals surface area (Å²) >= 11 is 3.57. The summed E-state index contributed by atoms with van der Waals surface area (Å²) in [6.07, 6.45) is 0.481. The molecule has 0 saturated carbocycles. The third kappa shape index (κ3) is 5.46. The van der Waals surface area contributed by atoms with E-state index in [1.54, 1.807) is 11.3 Å². The van der Waals surface area contributed by atoms with Crippen LogP contribution >= 0.6 is 23.1 Å². The van der Waals surface area contributed by atoms with Gasteiger partial charge in [0.15, 0.2) is 0 Å². The lowest BCUT2D eigenvalue weighted by atomic mass is 10.0. The molecule has 1 atom stereocenters. The molecule has 0 radical (unpaired) electrons. The van der Waals surface area contributed by atoms with Gasteiger partial charge in [-0.3, -0.25) is 4.90 Å². The van der Waals surface area contributed by atoms with Gasteiger partial charge in [0.2, 0.25) is 0 Å². The van der Waals surface area contributed by atoms with Gasteiger partial charge in [-0.2, -0.15) is 0 Å². The van der Waals surface area contributed by atoms with E-state index in [0.29, 0.717) is 0 Å². The Balaban J connectivity index is 2.51. The first-order valence-electron chi connectivity index (χ1n) is 7.04. The lowest BCUT2D eigenvalue weighted by Crippen LogP contribution is -2.42. The molecular formula is C15H27NOS2. The molecule has 110 valence electrons. The zero-order valence-electron chi connectivity index (χ0n) is 12.8. The van der Waals surface area contributed by atoms with E-state index in [1.165, 1.54) is 4.21 Å². The number of aliphatic hydroxyl groups excluding tert-OH is 1. The third-order valence-electron chi connectivity index (χ3n) is 3.22. The van der Waals surface area contributed by atoms with Gasteiger partial charge >= 0.3 is 0 Å². The van der Waals surface area contributed by atoms with E-state index in [4.69, 9.17) is 0 Å². The first-order chi connectivity index (χ1) is 8.88. The van der Waals surface area contributed by atoms with E-state index in [-0.39, 0.29) is 11.6 Å². The van der Waals surface area contributed by atoms with Crippen molar-refractivity contribution in [1.82, 2.24) is 4.90 Å². The minimum absolute atomic E-state index is 0.174. The monoisotopic (exact) mass is 301 g/mol. The smallest absolute Gasteiger partial charge is 0.0894 e. The SMILES string of the molecule is CCSc1ccc(C(O)CCN(CC)C(C)(C)C)s1. The Labute approximate surface area is 126 Å². The maximum Gasteiger partial charge on any atom is 0.0894 e. The van der Waals surface area contributed by atoms with Crippen LogP contribution in [0.15, 0.2) is 16.3 Å². The van der Waals surface area contributed by atoms with Gasteiger partial charge in [-0.25, -0.2) is 0 Å². The average molecular weight is 302 g/mol. The Morgan fingerprint density at radius 3 is 2.53 bits per heavy atom. The summed E-state index contributed by atoms with van der Waals surface area (Å²) in [4.78, 5) is 3.51. The molecule has 1 N–H and O–H groups in total. The minimum Gasteiger partial charge on any atom is -0.388 e. The van der Waals surface area contributed by atoms with E-state index in [0.717, 1.165) is 30.1 Å². The van der Waals surface area contributed by atoms with Gasteiger partial charge in [-0.1, -0.05) is 13.8 Å². The molecule has 0 aliphatic carbocycles. The number of aliphatic hydroxyl groups is 1. The average Bonchev–Trinajstić information content (AvgIpc) is 2.77. The predicted octanol–water partition coefficient (Wildman–Crippen LogP) is 4.40. The largest absolute Gasteiger partial charge is 0.388 e. The van der Waals surface area contributed by atoms with Crippen molar-refractivity contribution in [2.24, 2.45) is 0 Å². The molecule has 1 aromatic heterocycles. The lowest BCUT2D eigenvalue weighted by molar-refractivity contribution is 0.101. The molecule has 0 bridgehead atoms. The molecule has 1 heterocycles. The molecule has 0 aliphatic heterocycles. The minimum atomic E-state index is -0.326. The second-order valence-electron chi connectivity index (χ2n) is 5.64. The number of thioether (sulfide) groups is 1. The molecule has 0 fully saturated rings. The zero-order chi connectivity index (χ0) is 14.5. The van der Waals surface area contributed by atoms with Gasteiger partial charge in [0.25, 0.3) is 0 Å². The summed E-state index contributed by atoms with van der Waals surface area (Å²) in [6, 6.07) is 4.19. The summed E-state index contributed by atoms with van der Waals surface area (Å²) in [6.45, 7) is 13.0. The first-order valence-corrected chi connectivity index (χ1v) is 8.84. The van der Waals surface area contributed by atoms with E-state index >= 15 is 0 Å². The third-order valence-corrected chi connectivity index (χ3v) is 5.51. The molecule has 1 rings (SSSR count). The van der Waals surface area contributed by atoms with Crippen LogP contribution < -0.4 is 0 Å². The highest BCUT2D eigenvalue weighted by molar-refractivity contribution is 8.01. The van der Waals surface area contributed by atoms with Crippen molar-refractivity contribution in [1.29, 1.82) is 0 Å². The Hall–Kier alpha value is -0.0300. The van der Waals surface area contributed by atoms with Crippen molar-refractivity contribution in [3.05, 3.63) is 17.0 Å². The number of thiophene rings is 1. The predicted molar refractivity (Wildman–Crippen MR) is 87.3 cm³/mol. The van der Waals surface area contributed by atoms with Crippen LogP contribution in [0.2, 0.25) is 0 Å². The summed E-state index contributed by atoms with van der Waals surface area (Å²) in [5.41, 5.74) is 0.174.